The van der Waals surface area contributed by atoms with E-state index in [0.717, 1.165) is 19.3 Å². The summed E-state index contributed by atoms with van der Waals surface area (Å²) >= 11 is 0. The number of aliphatic hydroxyl groups is 4. The van der Waals surface area contributed by atoms with Crippen LogP contribution < -0.4 is 10.1 Å². The molecule has 0 spiro atoms. The number of unbranched alkanes of at least 4 members (excludes halogenated alkanes) is 8. The molecule has 0 radical (unpaired) electrons. The lowest BCUT2D eigenvalue weighted by Crippen LogP contribution is -2.60. The molecule has 5 N–H and O–H groups in total. The fourth-order valence-electron chi connectivity index (χ4n) is 3.83. The third-order valence-corrected chi connectivity index (χ3v) is 5.77. The van der Waals surface area contributed by atoms with E-state index < -0.39 is 37.3 Å². The van der Waals surface area contributed by atoms with Crippen LogP contribution in [0.4, 0.5) is 5.69 Å². The molecule has 2 rings (SSSR count). The van der Waals surface area contributed by atoms with Gasteiger partial charge < -0.3 is 35.2 Å². The Morgan fingerprint density at radius 2 is 1.59 bits per heavy atom. The van der Waals surface area contributed by atoms with Crippen molar-refractivity contribution in [2.24, 2.45) is 0 Å². The Morgan fingerprint density at radius 3 is 2.25 bits per heavy atom. The topological polar surface area (TPSA) is 128 Å². The Balaban J connectivity index is 1.79. The minimum atomic E-state index is -1.55. The molecule has 1 aromatic carbocycles. The van der Waals surface area contributed by atoms with E-state index in [0.29, 0.717) is 12.1 Å². The maximum atomic E-state index is 12.4. The maximum absolute atomic E-state index is 12.4. The fourth-order valence-corrected chi connectivity index (χ4v) is 3.83. The Kier molecular flexibility index (Phi) is 12.0. The number of rotatable bonds is 14. The number of aliphatic hydroxyl groups excluding tert-OH is 4. The van der Waals surface area contributed by atoms with Gasteiger partial charge in [0.05, 0.1) is 12.3 Å². The molecular formula is C24H39NO7. The summed E-state index contributed by atoms with van der Waals surface area (Å²) < 4.78 is 10.8. The number of carbonyl (C=O) groups excluding carboxylic acids is 1. The van der Waals surface area contributed by atoms with Crippen LogP contribution in [0, 0.1) is 0 Å². The van der Waals surface area contributed by atoms with Crippen molar-refractivity contribution >= 4 is 11.6 Å². The van der Waals surface area contributed by atoms with Gasteiger partial charge in [0, 0.05) is 6.42 Å². The van der Waals surface area contributed by atoms with Gasteiger partial charge in [0.15, 0.2) is 12.4 Å². The molecule has 1 aliphatic heterocycles. The number of amides is 1. The molecule has 8 nitrogen and oxygen atoms in total. The highest BCUT2D eigenvalue weighted by atomic mass is 16.7. The first-order valence-corrected chi connectivity index (χ1v) is 11.8. The summed E-state index contributed by atoms with van der Waals surface area (Å²) in [5.41, 5.74) is 0.409. The molecule has 1 aliphatic rings. The first kappa shape index (κ1) is 26.5. The standard InChI is InChI=1S/C24H39NO7/c1-2-3-4-5-6-7-8-9-10-15-20(27)25-17-13-11-12-14-18(17)31-23-22(29)21(28)19(16-26)32-24(23)30/h11-14,19,21-24,26,28-30H,2-10,15-16H2,1H3,(H,25,27)/t19-,21-,22+,23-,24-/m1/s1. The van der Waals surface area contributed by atoms with Crippen molar-refractivity contribution in [1.82, 2.24) is 0 Å². The van der Waals surface area contributed by atoms with E-state index in [4.69, 9.17) is 9.47 Å². The minimum absolute atomic E-state index is 0.134. The highest BCUT2D eigenvalue weighted by molar-refractivity contribution is 5.92. The second kappa shape index (κ2) is 14.4. The zero-order chi connectivity index (χ0) is 23.3. The number of para-hydroxylation sites is 2. The number of ether oxygens (including phenoxy) is 2. The molecule has 8 heteroatoms. The van der Waals surface area contributed by atoms with Gasteiger partial charge in [0.1, 0.15) is 24.1 Å². The number of benzene rings is 1. The van der Waals surface area contributed by atoms with Gasteiger partial charge >= 0.3 is 0 Å². The van der Waals surface area contributed by atoms with Gasteiger partial charge in [0.25, 0.3) is 0 Å². The molecule has 1 heterocycles. The highest BCUT2D eigenvalue weighted by Crippen LogP contribution is 2.30. The minimum Gasteiger partial charge on any atom is -0.480 e. The van der Waals surface area contributed by atoms with E-state index in [2.05, 4.69) is 12.2 Å². The molecule has 32 heavy (non-hydrogen) atoms. The second-order valence-corrected chi connectivity index (χ2v) is 8.43. The van der Waals surface area contributed by atoms with E-state index in [9.17, 15) is 25.2 Å². The number of hydrogen-bond acceptors (Lipinski definition) is 7. The maximum Gasteiger partial charge on any atom is 0.224 e. The molecule has 1 saturated heterocycles. The molecule has 1 amide bonds. The summed E-state index contributed by atoms with van der Waals surface area (Å²) in [6.45, 7) is 1.66. The van der Waals surface area contributed by atoms with E-state index in [1.165, 1.54) is 38.5 Å². The molecule has 1 aromatic rings. The Hall–Kier alpha value is -1.71. The normalized spacial score (nSPS) is 25.5. The summed E-state index contributed by atoms with van der Waals surface area (Å²) in [7, 11) is 0. The lowest BCUT2D eigenvalue weighted by Gasteiger charge is -2.40. The number of carbonyl (C=O) groups is 1. The summed E-state index contributed by atoms with van der Waals surface area (Å²) in [4.78, 5) is 12.4. The molecule has 182 valence electrons. The first-order valence-electron chi connectivity index (χ1n) is 11.8. The van der Waals surface area contributed by atoms with Gasteiger partial charge in [-0.05, 0) is 18.6 Å². The average molecular weight is 454 g/mol. The van der Waals surface area contributed by atoms with Crippen molar-refractivity contribution in [3.8, 4) is 5.75 Å². The van der Waals surface area contributed by atoms with Crippen LogP contribution in [0.15, 0.2) is 24.3 Å². The summed E-state index contributed by atoms with van der Waals surface area (Å²) in [6.07, 6.45) is 4.17. The number of nitrogens with one attached hydrogen (secondary N) is 1. The average Bonchev–Trinajstić information content (AvgIpc) is 2.79. The van der Waals surface area contributed by atoms with Crippen molar-refractivity contribution in [2.75, 3.05) is 11.9 Å². The van der Waals surface area contributed by atoms with Gasteiger partial charge in [-0.25, -0.2) is 0 Å². The summed E-state index contributed by atoms with van der Waals surface area (Å²) in [5, 5.41) is 42.4. The van der Waals surface area contributed by atoms with Crippen molar-refractivity contribution in [3.63, 3.8) is 0 Å². The number of anilines is 1. The van der Waals surface area contributed by atoms with Crippen LogP contribution in [-0.4, -0.2) is 63.6 Å². The molecule has 0 aliphatic carbocycles. The molecular weight excluding hydrogens is 414 g/mol. The lowest BCUT2D eigenvalue weighted by molar-refractivity contribution is -0.280. The van der Waals surface area contributed by atoms with Gasteiger partial charge in [0.2, 0.25) is 5.91 Å². The van der Waals surface area contributed by atoms with E-state index in [1.807, 2.05) is 0 Å². The monoisotopic (exact) mass is 453 g/mol. The van der Waals surface area contributed by atoms with Crippen molar-refractivity contribution in [1.29, 1.82) is 0 Å². The smallest absolute Gasteiger partial charge is 0.224 e. The van der Waals surface area contributed by atoms with Crippen LogP contribution in [0.2, 0.25) is 0 Å². The molecule has 1 fully saturated rings. The first-order chi connectivity index (χ1) is 15.5. The third kappa shape index (κ3) is 8.33. The molecule has 0 unspecified atom stereocenters. The SMILES string of the molecule is CCCCCCCCCCCC(=O)Nc1ccccc1O[C@@H]1[C@@H](O)[C@H](O)[C@@H](CO)O[C@H]1O. The zero-order valence-electron chi connectivity index (χ0n) is 19.0. The van der Waals surface area contributed by atoms with Crippen molar-refractivity contribution < 1.29 is 34.7 Å². The molecule has 0 aromatic heterocycles. The predicted molar refractivity (Wildman–Crippen MR) is 121 cm³/mol. The Labute approximate surface area is 190 Å². The van der Waals surface area contributed by atoms with Gasteiger partial charge in [-0.1, -0.05) is 70.4 Å². The quantitative estimate of drug-likeness (QED) is 0.274. The van der Waals surface area contributed by atoms with Crippen LogP contribution >= 0.6 is 0 Å². The van der Waals surface area contributed by atoms with Crippen LogP contribution in [0.3, 0.4) is 0 Å². The van der Waals surface area contributed by atoms with Crippen LogP contribution in [0.5, 0.6) is 5.75 Å². The summed E-state index contributed by atoms with van der Waals surface area (Å²) in [5.74, 6) is 0.111. The van der Waals surface area contributed by atoms with E-state index in [1.54, 1.807) is 24.3 Å². The lowest BCUT2D eigenvalue weighted by atomic mass is 9.99. The largest absolute Gasteiger partial charge is 0.480 e. The molecule has 0 saturated carbocycles. The van der Waals surface area contributed by atoms with Gasteiger partial charge in [-0.2, -0.15) is 0 Å². The molecule has 0 bridgehead atoms. The molecule has 5 atom stereocenters. The predicted octanol–water partition coefficient (Wildman–Crippen LogP) is 2.72. The fraction of sp³-hybridized carbons (Fsp3) is 0.708. The zero-order valence-corrected chi connectivity index (χ0v) is 19.0. The Bertz CT molecular complexity index is 672. The van der Waals surface area contributed by atoms with E-state index in [-0.39, 0.29) is 11.7 Å². The Morgan fingerprint density at radius 1 is 0.969 bits per heavy atom. The third-order valence-electron chi connectivity index (χ3n) is 5.77. The van der Waals surface area contributed by atoms with Gasteiger partial charge in [-0.3, -0.25) is 4.79 Å². The van der Waals surface area contributed by atoms with Gasteiger partial charge in [-0.15, -0.1) is 0 Å². The summed E-state index contributed by atoms with van der Waals surface area (Å²) in [6, 6.07) is 6.69. The van der Waals surface area contributed by atoms with Crippen molar-refractivity contribution in [2.45, 2.75) is 102 Å². The van der Waals surface area contributed by atoms with Crippen LogP contribution in [0.25, 0.3) is 0 Å². The van der Waals surface area contributed by atoms with E-state index >= 15 is 0 Å². The number of hydrogen-bond donors (Lipinski definition) is 5. The van der Waals surface area contributed by atoms with Crippen molar-refractivity contribution in [3.05, 3.63) is 24.3 Å². The second-order valence-electron chi connectivity index (χ2n) is 8.43. The highest BCUT2D eigenvalue weighted by Gasteiger charge is 2.45. The van der Waals surface area contributed by atoms with Crippen LogP contribution in [-0.2, 0) is 9.53 Å². The van der Waals surface area contributed by atoms with Crippen LogP contribution in [0.1, 0.15) is 71.1 Å².